The van der Waals surface area contributed by atoms with Gasteiger partial charge in [0, 0.05) is 17.9 Å². The van der Waals surface area contributed by atoms with Crippen molar-refractivity contribution in [2.45, 2.75) is 0 Å². The number of aromatic hydroxyl groups is 1. The Balaban J connectivity index is 1.73. The van der Waals surface area contributed by atoms with E-state index in [2.05, 4.69) is 5.32 Å². The smallest absolute Gasteiger partial charge is 0.259 e. The summed E-state index contributed by atoms with van der Waals surface area (Å²) >= 11 is 0. The number of hydrogen-bond donors (Lipinski definition) is 2. The fourth-order valence-electron chi connectivity index (χ4n) is 2.40. The van der Waals surface area contributed by atoms with Crippen molar-refractivity contribution in [3.8, 4) is 5.75 Å². The molecule has 0 spiro atoms. The summed E-state index contributed by atoms with van der Waals surface area (Å²) in [6, 6.07) is 9.82. The summed E-state index contributed by atoms with van der Waals surface area (Å²) in [4.78, 5) is 25.5. The van der Waals surface area contributed by atoms with E-state index in [-0.39, 0.29) is 23.8 Å². The number of phenols is 1. The van der Waals surface area contributed by atoms with Crippen LogP contribution in [-0.4, -0.2) is 36.7 Å². The first-order valence-electron chi connectivity index (χ1n) is 7.32. The zero-order chi connectivity index (χ0) is 17.1. The van der Waals surface area contributed by atoms with Crippen LogP contribution in [-0.2, 0) is 9.53 Å². The van der Waals surface area contributed by atoms with Crippen LogP contribution in [0.3, 0.4) is 0 Å². The van der Waals surface area contributed by atoms with E-state index in [0.717, 1.165) is 18.2 Å². The summed E-state index contributed by atoms with van der Waals surface area (Å²) in [5, 5.41) is 12.2. The standard InChI is InChI=1S/C17H15FN2O4/c18-11-1-6-15(21)14(9-11)17(23)19-12-2-4-13(5-3-12)20-7-8-24-10-16(20)22/h1-6,9,21H,7-8,10H2,(H,19,23). The quantitative estimate of drug-likeness (QED) is 0.904. The van der Waals surface area contributed by atoms with E-state index in [9.17, 15) is 19.1 Å². The Morgan fingerprint density at radius 2 is 1.96 bits per heavy atom. The average Bonchev–Trinajstić information content (AvgIpc) is 2.58. The lowest BCUT2D eigenvalue weighted by Gasteiger charge is -2.26. The summed E-state index contributed by atoms with van der Waals surface area (Å²) in [7, 11) is 0. The number of halogens is 1. The monoisotopic (exact) mass is 330 g/mol. The zero-order valence-corrected chi connectivity index (χ0v) is 12.7. The van der Waals surface area contributed by atoms with Crippen molar-refractivity contribution in [1.29, 1.82) is 0 Å². The number of ether oxygens (including phenoxy) is 1. The van der Waals surface area contributed by atoms with E-state index in [4.69, 9.17) is 4.74 Å². The van der Waals surface area contributed by atoms with Gasteiger partial charge in [-0.15, -0.1) is 0 Å². The number of anilines is 2. The number of hydrogen-bond acceptors (Lipinski definition) is 4. The van der Waals surface area contributed by atoms with Crippen LogP contribution in [0.1, 0.15) is 10.4 Å². The minimum absolute atomic E-state index is 0.0529. The number of nitrogens with zero attached hydrogens (tertiary/aromatic N) is 1. The maximum Gasteiger partial charge on any atom is 0.259 e. The van der Waals surface area contributed by atoms with Crippen molar-refractivity contribution in [3.05, 3.63) is 53.8 Å². The zero-order valence-electron chi connectivity index (χ0n) is 12.7. The fraction of sp³-hybridized carbons (Fsp3) is 0.176. The summed E-state index contributed by atoms with van der Waals surface area (Å²) in [6.45, 7) is 1.00. The molecule has 124 valence electrons. The number of carbonyl (C=O) groups is 2. The largest absolute Gasteiger partial charge is 0.507 e. The summed E-state index contributed by atoms with van der Waals surface area (Å²) in [5.41, 5.74) is 1.02. The van der Waals surface area contributed by atoms with Crippen molar-refractivity contribution in [3.63, 3.8) is 0 Å². The summed E-state index contributed by atoms with van der Waals surface area (Å²) in [5.74, 6) is -1.66. The predicted molar refractivity (Wildman–Crippen MR) is 85.6 cm³/mol. The van der Waals surface area contributed by atoms with Crippen LogP contribution in [0.25, 0.3) is 0 Å². The van der Waals surface area contributed by atoms with Gasteiger partial charge >= 0.3 is 0 Å². The van der Waals surface area contributed by atoms with Gasteiger partial charge in [-0.05, 0) is 42.5 Å². The third kappa shape index (κ3) is 3.36. The average molecular weight is 330 g/mol. The summed E-state index contributed by atoms with van der Waals surface area (Å²) < 4.78 is 18.3. The van der Waals surface area contributed by atoms with Crippen LogP contribution in [0.4, 0.5) is 15.8 Å². The molecule has 0 bridgehead atoms. The van der Waals surface area contributed by atoms with Crippen molar-refractivity contribution < 1.29 is 23.8 Å². The molecule has 3 rings (SSSR count). The lowest BCUT2D eigenvalue weighted by molar-refractivity contribution is -0.125. The number of amides is 2. The van der Waals surface area contributed by atoms with E-state index in [1.807, 2.05) is 0 Å². The van der Waals surface area contributed by atoms with Gasteiger partial charge in [0.05, 0.1) is 12.2 Å². The molecule has 2 amide bonds. The molecule has 24 heavy (non-hydrogen) atoms. The van der Waals surface area contributed by atoms with E-state index in [1.54, 1.807) is 29.2 Å². The molecule has 0 aliphatic carbocycles. The first-order chi connectivity index (χ1) is 11.5. The molecule has 1 saturated heterocycles. The van der Waals surface area contributed by atoms with Gasteiger partial charge in [0.1, 0.15) is 18.2 Å². The molecule has 0 aromatic heterocycles. The molecular formula is C17H15FN2O4. The molecule has 0 atom stereocenters. The van der Waals surface area contributed by atoms with Crippen molar-refractivity contribution in [2.75, 3.05) is 30.0 Å². The lowest BCUT2D eigenvalue weighted by Crippen LogP contribution is -2.41. The van der Waals surface area contributed by atoms with Crippen LogP contribution in [0, 0.1) is 5.82 Å². The molecule has 2 N–H and O–H groups in total. The molecule has 0 saturated carbocycles. The maximum absolute atomic E-state index is 13.2. The van der Waals surface area contributed by atoms with E-state index in [0.29, 0.717) is 24.5 Å². The minimum atomic E-state index is -0.623. The number of phenolic OH excluding ortho intramolecular Hbond substituents is 1. The van der Waals surface area contributed by atoms with Crippen LogP contribution in [0.5, 0.6) is 5.75 Å². The first kappa shape index (κ1) is 15.9. The van der Waals surface area contributed by atoms with Crippen LogP contribution < -0.4 is 10.2 Å². The highest BCUT2D eigenvalue weighted by molar-refractivity contribution is 6.06. The molecule has 0 radical (unpaired) electrons. The lowest BCUT2D eigenvalue weighted by atomic mass is 10.1. The molecular weight excluding hydrogens is 315 g/mol. The molecule has 1 fully saturated rings. The van der Waals surface area contributed by atoms with Gasteiger partial charge in [-0.1, -0.05) is 0 Å². The second-order valence-electron chi connectivity index (χ2n) is 5.26. The molecule has 2 aromatic carbocycles. The van der Waals surface area contributed by atoms with Crippen LogP contribution in [0.2, 0.25) is 0 Å². The third-order valence-corrected chi connectivity index (χ3v) is 3.63. The molecule has 1 heterocycles. The molecule has 6 nitrogen and oxygen atoms in total. The second-order valence-corrected chi connectivity index (χ2v) is 5.26. The molecule has 0 unspecified atom stereocenters. The number of morpholine rings is 1. The Labute approximate surface area is 137 Å². The van der Waals surface area contributed by atoms with Gasteiger partial charge < -0.3 is 20.1 Å². The highest BCUT2D eigenvalue weighted by Gasteiger charge is 2.20. The van der Waals surface area contributed by atoms with Crippen molar-refractivity contribution in [1.82, 2.24) is 0 Å². The highest BCUT2D eigenvalue weighted by Crippen LogP contribution is 2.22. The van der Waals surface area contributed by atoms with Crippen LogP contribution in [0.15, 0.2) is 42.5 Å². The second kappa shape index (κ2) is 6.67. The number of benzene rings is 2. The number of nitrogens with one attached hydrogen (secondary N) is 1. The van der Waals surface area contributed by atoms with Gasteiger partial charge in [0.25, 0.3) is 11.8 Å². The number of carbonyl (C=O) groups excluding carboxylic acids is 2. The number of rotatable bonds is 3. The Morgan fingerprint density at radius 3 is 2.67 bits per heavy atom. The van der Waals surface area contributed by atoms with E-state index >= 15 is 0 Å². The molecule has 2 aromatic rings. The Bertz CT molecular complexity index is 777. The van der Waals surface area contributed by atoms with Gasteiger partial charge in [0.15, 0.2) is 0 Å². The predicted octanol–water partition coefficient (Wildman–Crippen LogP) is 2.15. The minimum Gasteiger partial charge on any atom is -0.507 e. The topological polar surface area (TPSA) is 78.9 Å². The normalized spacial score (nSPS) is 14.5. The van der Waals surface area contributed by atoms with Crippen LogP contribution >= 0.6 is 0 Å². The SMILES string of the molecule is O=C(Nc1ccc(N2CCOCC2=O)cc1)c1cc(F)ccc1O. The van der Waals surface area contributed by atoms with Gasteiger partial charge in [0.2, 0.25) is 0 Å². The maximum atomic E-state index is 13.2. The Morgan fingerprint density at radius 1 is 1.21 bits per heavy atom. The Kier molecular flexibility index (Phi) is 4.43. The summed E-state index contributed by atoms with van der Waals surface area (Å²) in [6.07, 6.45) is 0. The van der Waals surface area contributed by atoms with Crippen molar-refractivity contribution in [2.24, 2.45) is 0 Å². The molecule has 7 heteroatoms. The van der Waals surface area contributed by atoms with Crippen molar-refractivity contribution >= 4 is 23.2 Å². The molecule has 1 aliphatic heterocycles. The first-order valence-corrected chi connectivity index (χ1v) is 7.32. The van der Waals surface area contributed by atoms with E-state index in [1.165, 1.54) is 0 Å². The Hall–Kier alpha value is -2.93. The highest BCUT2D eigenvalue weighted by atomic mass is 19.1. The van der Waals surface area contributed by atoms with E-state index < -0.39 is 11.7 Å². The fourth-order valence-corrected chi connectivity index (χ4v) is 2.40. The van der Waals surface area contributed by atoms with Gasteiger partial charge in [-0.2, -0.15) is 0 Å². The van der Waals surface area contributed by atoms with Gasteiger partial charge in [-0.3, -0.25) is 9.59 Å². The third-order valence-electron chi connectivity index (χ3n) is 3.63. The molecule has 1 aliphatic rings. The van der Waals surface area contributed by atoms with Gasteiger partial charge in [-0.25, -0.2) is 4.39 Å².